The molecule has 2 unspecified atom stereocenters. The molecule has 0 aliphatic rings. The molecule has 0 aromatic rings. The van der Waals surface area contributed by atoms with Gasteiger partial charge in [0.05, 0.1) is 0 Å². The average molecular weight is 309 g/mol. The van der Waals surface area contributed by atoms with Crippen LogP contribution >= 0.6 is 0 Å². The molecular formula is C20H36O2. The molecule has 0 radical (unpaired) electrons. The number of hydrogen-bond donors (Lipinski definition) is 1. The first-order chi connectivity index (χ1) is 10.2. The summed E-state index contributed by atoms with van der Waals surface area (Å²) in [5.41, 5.74) is 2.39. The molecule has 0 saturated carbocycles. The quantitative estimate of drug-likeness (QED) is 0.514. The van der Waals surface area contributed by atoms with Gasteiger partial charge >= 0.3 is 0 Å². The van der Waals surface area contributed by atoms with E-state index in [2.05, 4.69) is 40.7 Å². The Hall–Kier alpha value is -0.890. The van der Waals surface area contributed by atoms with Crippen molar-refractivity contribution in [2.24, 2.45) is 11.8 Å². The van der Waals surface area contributed by atoms with Gasteiger partial charge in [-0.25, -0.2) is 0 Å². The van der Waals surface area contributed by atoms with Crippen molar-refractivity contribution in [1.82, 2.24) is 0 Å². The second-order valence-corrected chi connectivity index (χ2v) is 7.38. The number of carbonyl (C=O) groups excluding carboxylic acids is 1. The number of ketones is 1. The summed E-state index contributed by atoms with van der Waals surface area (Å²) in [4.78, 5) is 12.1. The van der Waals surface area contributed by atoms with Gasteiger partial charge in [-0.1, -0.05) is 57.3 Å². The van der Waals surface area contributed by atoms with Crippen LogP contribution in [-0.4, -0.2) is 17.0 Å². The van der Waals surface area contributed by atoms with Crippen molar-refractivity contribution in [3.05, 3.63) is 23.3 Å². The number of hydrogen-bond acceptors (Lipinski definition) is 2. The van der Waals surface area contributed by atoms with Crippen molar-refractivity contribution < 1.29 is 9.90 Å². The number of carbonyl (C=O) groups is 1. The van der Waals surface area contributed by atoms with E-state index in [4.69, 9.17) is 0 Å². The Morgan fingerprint density at radius 2 is 1.73 bits per heavy atom. The van der Waals surface area contributed by atoms with Crippen LogP contribution in [0.4, 0.5) is 0 Å². The minimum Gasteiger partial charge on any atom is -0.381 e. The first-order valence-corrected chi connectivity index (χ1v) is 8.73. The molecule has 0 rings (SSSR count). The predicted molar refractivity (Wildman–Crippen MR) is 95.9 cm³/mol. The van der Waals surface area contributed by atoms with Crippen LogP contribution in [-0.2, 0) is 4.79 Å². The molecule has 0 saturated heterocycles. The smallest absolute Gasteiger partial charge is 0.165 e. The molecule has 0 bridgehead atoms. The lowest BCUT2D eigenvalue weighted by Gasteiger charge is -2.13. The Balaban J connectivity index is 4.16. The van der Waals surface area contributed by atoms with Gasteiger partial charge in [0, 0.05) is 6.42 Å². The van der Waals surface area contributed by atoms with E-state index < -0.39 is 6.10 Å². The van der Waals surface area contributed by atoms with Gasteiger partial charge in [0.1, 0.15) is 6.10 Å². The normalized spacial score (nSPS) is 14.8. The second-order valence-electron chi connectivity index (χ2n) is 7.38. The topological polar surface area (TPSA) is 37.3 Å². The Labute approximate surface area is 137 Å². The third kappa shape index (κ3) is 11.7. The summed E-state index contributed by atoms with van der Waals surface area (Å²) in [5, 5.41) is 10.0. The van der Waals surface area contributed by atoms with E-state index in [1.165, 1.54) is 18.4 Å². The molecular weight excluding hydrogens is 272 g/mol. The number of Topliss-reactive ketones (excluding diaryl/α,β-unsaturated/α-hetero) is 1. The molecule has 0 fully saturated rings. The second kappa shape index (κ2) is 11.6. The standard InChI is InChI=1S/C20H36O2/c1-15(2)9-7-11-17(5)13-19(21)20(22)14-18(6)12-8-10-16(3)4/h9,13,16,18-19,21H,7-8,10-12,14H2,1-6H3/b17-13+. The van der Waals surface area contributed by atoms with Crippen LogP contribution < -0.4 is 0 Å². The lowest BCUT2D eigenvalue weighted by atomic mass is 9.93. The molecule has 0 heterocycles. The highest BCUT2D eigenvalue weighted by Gasteiger charge is 2.16. The first-order valence-electron chi connectivity index (χ1n) is 8.73. The van der Waals surface area contributed by atoms with E-state index in [0.717, 1.165) is 30.8 Å². The van der Waals surface area contributed by atoms with Crippen molar-refractivity contribution in [3.8, 4) is 0 Å². The zero-order valence-electron chi connectivity index (χ0n) is 15.5. The molecule has 128 valence electrons. The van der Waals surface area contributed by atoms with Crippen LogP contribution in [0.25, 0.3) is 0 Å². The van der Waals surface area contributed by atoms with Gasteiger partial charge in [-0.3, -0.25) is 4.79 Å². The van der Waals surface area contributed by atoms with Crippen LogP contribution in [0.3, 0.4) is 0 Å². The SMILES string of the molecule is CC(C)=CCC/C(C)=C/C(O)C(=O)CC(C)CCCC(C)C. The molecule has 1 N–H and O–H groups in total. The molecule has 0 spiro atoms. The average Bonchev–Trinajstić information content (AvgIpc) is 2.37. The highest BCUT2D eigenvalue weighted by Crippen LogP contribution is 2.17. The number of aliphatic hydroxyl groups is 1. The molecule has 0 aromatic carbocycles. The maximum absolute atomic E-state index is 12.1. The summed E-state index contributed by atoms with van der Waals surface area (Å²) < 4.78 is 0. The Morgan fingerprint density at radius 1 is 1.09 bits per heavy atom. The zero-order valence-corrected chi connectivity index (χ0v) is 15.5. The van der Waals surface area contributed by atoms with Crippen LogP contribution in [0.2, 0.25) is 0 Å². The number of allylic oxidation sites excluding steroid dienone is 3. The lowest BCUT2D eigenvalue weighted by molar-refractivity contribution is -0.125. The fraction of sp³-hybridized carbons (Fsp3) is 0.750. The first kappa shape index (κ1) is 21.1. The van der Waals surface area contributed by atoms with Crippen LogP contribution in [0.1, 0.15) is 80.1 Å². The monoisotopic (exact) mass is 308 g/mol. The summed E-state index contributed by atoms with van der Waals surface area (Å²) in [6, 6.07) is 0. The highest BCUT2D eigenvalue weighted by atomic mass is 16.3. The van der Waals surface area contributed by atoms with Gasteiger partial charge in [-0.2, -0.15) is 0 Å². The molecule has 2 nitrogen and oxygen atoms in total. The zero-order chi connectivity index (χ0) is 17.1. The Kier molecular flexibility index (Phi) is 11.2. The third-order valence-corrected chi connectivity index (χ3v) is 3.89. The van der Waals surface area contributed by atoms with Crippen molar-refractivity contribution in [1.29, 1.82) is 0 Å². The van der Waals surface area contributed by atoms with E-state index in [9.17, 15) is 9.90 Å². The molecule has 2 atom stereocenters. The van der Waals surface area contributed by atoms with Crippen molar-refractivity contribution in [2.45, 2.75) is 86.2 Å². The van der Waals surface area contributed by atoms with E-state index in [1.807, 2.05) is 6.92 Å². The summed E-state index contributed by atoms with van der Waals surface area (Å²) in [7, 11) is 0. The van der Waals surface area contributed by atoms with Gasteiger partial charge in [0.15, 0.2) is 5.78 Å². The lowest BCUT2D eigenvalue weighted by Crippen LogP contribution is -2.20. The van der Waals surface area contributed by atoms with Crippen molar-refractivity contribution >= 4 is 5.78 Å². The van der Waals surface area contributed by atoms with Crippen molar-refractivity contribution in [3.63, 3.8) is 0 Å². The summed E-state index contributed by atoms with van der Waals surface area (Å²) in [6.45, 7) is 12.7. The van der Waals surface area contributed by atoms with Gasteiger partial charge in [-0.15, -0.1) is 0 Å². The summed E-state index contributed by atoms with van der Waals surface area (Å²) >= 11 is 0. The minimum absolute atomic E-state index is 0.0430. The van der Waals surface area contributed by atoms with E-state index in [0.29, 0.717) is 12.3 Å². The fourth-order valence-electron chi connectivity index (χ4n) is 2.48. The van der Waals surface area contributed by atoms with E-state index in [1.54, 1.807) is 6.08 Å². The largest absolute Gasteiger partial charge is 0.381 e. The van der Waals surface area contributed by atoms with Crippen molar-refractivity contribution in [2.75, 3.05) is 0 Å². The third-order valence-electron chi connectivity index (χ3n) is 3.89. The van der Waals surface area contributed by atoms with Crippen LogP contribution in [0.5, 0.6) is 0 Å². The molecule has 0 aliphatic carbocycles. The van der Waals surface area contributed by atoms with Gasteiger partial charge < -0.3 is 5.11 Å². The predicted octanol–water partition coefficient (Wildman–Crippen LogP) is 5.46. The number of rotatable bonds is 11. The maximum atomic E-state index is 12.1. The fourth-order valence-corrected chi connectivity index (χ4v) is 2.48. The Morgan fingerprint density at radius 3 is 2.27 bits per heavy atom. The number of aliphatic hydroxyl groups excluding tert-OH is 1. The van der Waals surface area contributed by atoms with Crippen LogP contribution in [0, 0.1) is 11.8 Å². The molecule has 2 heteroatoms. The molecule has 0 amide bonds. The molecule has 0 aliphatic heterocycles. The van der Waals surface area contributed by atoms with E-state index >= 15 is 0 Å². The maximum Gasteiger partial charge on any atom is 0.165 e. The molecule has 0 aromatic heterocycles. The van der Waals surface area contributed by atoms with Gasteiger partial charge in [0.25, 0.3) is 0 Å². The summed E-state index contributed by atoms with van der Waals surface area (Å²) in [5.74, 6) is 1.04. The van der Waals surface area contributed by atoms with Crippen LogP contribution in [0.15, 0.2) is 23.3 Å². The molecule has 22 heavy (non-hydrogen) atoms. The highest BCUT2D eigenvalue weighted by molar-refractivity contribution is 5.84. The Bertz CT molecular complexity index is 373. The van der Waals surface area contributed by atoms with Gasteiger partial charge in [0.2, 0.25) is 0 Å². The van der Waals surface area contributed by atoms with Gasteiger partial charge in [-0.05, 0) is 51.5 Å². The minimum atomic E-state index is -0.931. The summed E-state index contributed by atoms with van der Waals surface area (Å²) in [6.07, 6.45) is 8.78. The van der Waals surface area contributed by atoms with E-state index in [-0.39, 0.29) is 5.78 Å².